The number of carbonyl (C=O) groups is 1. The molecule has 1 amide bonds. The molecular weight excluding hydrogens is 354 g/mol. The largest absolute Gasteiger partial charge is 0.493 e. The second kappa shape index (κ2) is 7.48. The number of ether oxygens (including phenoxy) is 1. The van der Waals surface area contributed by atoms with Gasteiger partial charge in [0.2, 0.25) is 0 Å². The first-order valence-electron chi connectivity index (χ1n) is 6.59. The first-order valence-corrected chi connectivity index (χ1v) is 7.76. The van der Waals surface area contributed by atoms with Gasteiger partial charge in [-0.2, -0.15) is 0 Å². The predicted octanol–water partition coefficient (Wildman–Crippen LogP) is 5.14. The van der Waals surface area contributed by atoms with Crippen LogP contribution in [0, 0.1) is 0 Å². The zero-order valence-corrected chi connectivity index (χ0v) is 13.9. The van der Waals surface area contributed by atoms with E-state index >= 15 is 0 Å². The third-order valence-electron chi connectivity index (χ3n) is 2.73. The Hall–Kier alpha value is -1.52. The average Bonchev–Trinajstić information content (AvgIpc) is 2.46. The second-order valence-corrected chi connectivity index (χ2v) is 5.81. The normalized spacial score (nSPS) is 10.2. The highest BCUT2D eigenvalue weighted by molar-refractivity contribution is 9.10. The van der Waals surface area contributed by atoms with Crippen molar-refractivity contribution in [1.29, 1.82) is 0 Å². The summed E-state index contributed by atoms with van der Waals surface area (Å²) in [5.74, 6) is 0.337. The van der Waals surface area contributed by atoms with Gasteiger partial charge in [-0.3, -0.25) is 4.79 Å². The number of hydrogen-bond donors (Lipinski definition) is 1. The zero-order valence-electron chi connectivity index (χ0n) is 11.5. The highest BCUT2D eigenvalue weighted by Crippen LogP contribution is 2.25. The van der Waals surface area contributed by atoms with E-state index in [9.17, 15) is 4.79 Å². The van der Waals surface area contributed by atoms with Crippen LogP contribution in [0.3, 0.4) is 0 Å². The molecule has 0 aliphatic heterocycles. The SMILES string of the molecule is CCCOc1ccc(Br)cc1C(=O)Nc1cccc(Cl)c1. The van der Waals surface area contributed by atoms with Crippen molar-refractivity contribution >= 4 is 39.1 Å². The van der Waals surface area contributed by atoms with Crippen LogP contribution in [-0.4, -0.2) is 12.5 Å². The van der Waals surface area contributed by atoms with E-state index < -0.39 is 0 Å². The number of nitrogens with one attached hydrogen (secondary N) is 1. The molecule has 0 saturated heterocycles. The fourth-order valence-electron chi connectivity index (χ4n) is 1.78. The smallest absolute Gasteiger partial charge is 0.259 e. The predicted molar refractivity (Wildman–Crippen MR) is 89.3 cm³/mol. The lowest BCUT2D eigenvalue weighted by atomic mass is 10.2. The first kappa shape index (κ1) is 15.9. The number of amides is 1. The van der Waals surface area contributed by atoms with Crippen LogP contribution in [0.15, 0.2) is 46.9 Å². The summed E-state index contributed by atoms with van der Waals surface area (Å²) in [6.45, 7) is 2.59. The molecule has 21 heavy (non-hydrogen) atoms. The van der Waals surface area contributed by atoms with Crippen LogP contribution in [0.2, 0.25) is 5.02 Å². The Kier molecular flexibility index (Phi) is 5.65. The van der Waals surface area contributed by atoms with Gasteiger partial charge in [0.1, 0.15) is 5.75 Å². The minimum atomic E-state index is -0.232. The maximum Gasteiger partial charge on any atom is 0.259 e. The monoisotopic (exact) mass is 367 g/mol. The lowest BCUT2D eigenvalue weighted by Crippen LogP contribution is -2.14. The van der Waals surface area contributed by atoms with Gasteiger partial charge in [0.05, 0.1) is 12.2 Å². The van der Waals surface area contributed by atoms with Crippen LogP contribution in [0.4, 0.5) is 5.69 Å². The number of carbonyl (C=O) groups excluding carboxylic acids is 1. The molecule has 2 rings (SSSR count). The van der Waals surface area contributed by atoms with Gasteiger partial charge in [-0.1, -0.05) is 40.5 Å². The van der Waals surface area contributed by atoms with Gasteiger partial charge in [0, 0.05) is 15.2 Å². The fraction of sp³-hybridized carbons (Fsp3) is 0.188. The van der Waals surface area contributed by atoms with Crippen molar-refractivity contribution < 1.29 is 9.53 Å². The highest BCUT2D eigenvalue weighted by Gasteiger charge is 2.13. The molecule has 0 saturated carbocycles. The molecule has 3 nitrogen and oxygen atoms in total. The third kappa shape index (κ3) is 4.48. The molecule has 0 bridgehead atoms. The summed E-state index contributed by atoms with van der Waals surface area (Å²) < 4.78 is 6.44. The van der Waals surface area contributed by atoms with Crippen LogP contribution in [-0.2, 0) is 0 Å². The van der Waals surface area contributed by atoms with Gasteiger partial charge in [-0.25, -0.2) is 0 Å². The average molecular weight is 369 g/mol. The molecule has 0 atom stereocenters. The van der Waals surface area contributed by atoms with Crippen molar-refractivity contribution in [2.24, 2.45) is 0 Å². The molecule has 0 fully saturated rings. The Morgan fingerprint density at radius 1 is 1.29 bits per heavy atom. The van der Waals surface area contributed by atoms with Crippen molar-refractivity contribution in [3.63, 3.8) is 0 Å². The van der Waals surface area contributed by atoms with Crippen LogP contribution >= 0.6 is 27.5 Å². The van der Waals surface area contributed by atoms with Crippen molar-refractivity contribution in [3.8, 4) is 5.75 Å². The standard InChI is InChI=1S/C16H15BrClNO2/c1-2-8-21-15-7-6-11(17)9-14(15)16(20)19-13-5-3-4-12(18)10-13/h3-7,9-10H,2,8H2,1H3,(H,19,20). The lowest BCUT2D eigenvalue weighted by molar-refractivity contribution is 0.102. The van der Waals surface area contributed by atoms with E-state index in [2.05, 4.69) is 21.2 Å². The summed E-state index contributed by atoms with van der Waals surface area (Å²) in [7, 11) is 0. The van der Waals surface area contributed by atoms with E-state index in [1.165, 1.54) is 0 Å². The molecule has 0 aromatic heterocycles. The first-order chi connectivity index (χ1) is 10.1. The molecule has 0 radical (unpaired) electrons. The number of rotatable bonds is 5. The van der Waals surface area contributed by atoms with E-state index in [1.54, 1.807) is 36.4 Å². The maximum absolute atomic E-state index is 12.4. The minimum Gasteiger partial charge on any atom is -0.493 e. The van der Waals surface area contributed by atoms with Crippen molar-refractivity contribution in [2.75, 3.05) is 11.9 Å². The van der Waals surface area contributed by atoms with E-state index in [4.69, 9.17) is 16.3 Å². The Bertz CT molecular complexity index is 646. The van der Waals surface area contributed by atoms with Gasteiger partial charge < -0.3 is 10.1 Å². The Labute approximate surface area is 137 Å². The number of halogens is 2. The van der Waals surface area contributed by atoms with E-state index in [1.807, 2.05) is 13.0 Å². The summed E-state index contributed by atoms with van der Waals surface area (Å²) in [6.07, 6.45) is 0.880. The van der Waals surface area contributed by atoms with Crippen LogP contribution in [0.5, 0.6) is 5.75 Å². The molecule has 0 aliphatic carbocycles. The quantitative estimate of drug-likeness (QED) is 0.793. The Morgan fingerprint density at radius 3 is 2.81 bits per heavy atom. The van der Waals surface area contributed by atoms with E-state index in [-0.39, 0.29) is 5.91 Å². The van der Waals surface area contributed by atoms with Crippen LogP contribution < -0.4 is 10.1 Å². The van der Waals surface area contributed by atoms with Gasteiger partial charge in [0.25, 0.3) is 5.91 Å². The second-order valence-electron chi connectivity index (χ2n) is 4.45. The molecule has 110 valence electrons. The summed E-state index contributed by atoms with van der Waals surface area (Å²) in [4.78, 5) is 12.4. The third-order valence-corrected chi connectivity index (χ3v) is 3.46. The van der Waals surface area contributed by atoms with Crippen molar-refractivity contribution in [2.45, 2.75) is 13.3 Å². The Balaban J connectivity index is 2.23. The molecule has 0 unspecified atom stereocenters. The number of anilines is 1. The van der Waals surface area contributed by atoms with Crippen molar-refractivity contribution in [1.82, 2.24) is 0 Å². The molecule has 2 aromatic carbocycles. The summed E-state index contributed by atoms with van der Waals surface area (Å²) in [5, 5.41) is 3.39. The molecule has 2 aromatic rings. The minimum absolute atomic E-state index is 0.232. The van der Waals surface area contributed by atoms with Crippen molar-refractivity contribution in [3.05, 3.63) is 57.5 Å². The van der Waals surface area contributed by atoms with E-state index in [0.717, 1.165) is 10.9 Å². The summed E-state index contributed by atoms with van der Waals surface area (Å²) >= 11 is 9.29. The number of benzene rings is 2. The molecule has 0 spiro atoms. The molecule has 5 heteroatoms. The molecule has 1 N–H and O–H groups in total. The maximum atomic E-state index is 12.4. The fourth-order valence-corrected chi connectivity index (χ4v) is 2.33. The van der Waals surface area contributed by atoms with Gasteiger partial charge in [0.15, 0.2) is 0 Å². The molecule has 0 aliphatic rings. The molecular formula is C16H15BrClNO2. The summed E-state index contributed by atoms with van der Waals surface area (Å²) in [6, 6.07) is 12.4. The van der Waals surface area contributed by atoms with Gasteiger partial charge in [-0.05, 0) is 42.8 Å². The lowest BCUT2D eigenvalue weighted by Gasteiger charge is -2.12. The van der Waals surface area contributed by atoms with Crippen LogP contribution in [0.1, 0.15) is 23.7 Å². The Morgan fingerprint density at radius 2 is 2.10 bits per heavy atom. The van der Waals surface area contributed by atoms with E-state index in [0.29, 0.717) is 28.6 Å². The summed E-state index contributed by atoms with van der Waals surface area (Å²) in [5.41, 5.74) is 1.13. The topological polar surface area (TPSA) is 38.3 Å². The zero-order chi connectivity index (χ0) is 15.2. The van der Waals surface area contributed by atoms with Gasteiger partial charge >= 0.3 is 0 Å². The highest BCUT2D eigenvalue weighted by atomic mass is 79.9. The number of hydrogen-bond acceptors (Lipinski definition) is 2. The molecule has 0 heterocycles. The van der Waals surface area contributed by atoms with Crippen LogP contribution in [0.25, 0.3) is 0 Å². The van der Waals surface area contributed by atoms with Gasteiger partial charge in [-0.15, -0.1) is 0 Å².